The monoisotopic (exact) mass is 341 g/mol. The van der Waals surface area contributed by atoms with Crippen molar-refractivity contribution >= 4 is 22.8 Å². The Labute approximate surface area is 133 Å². The Bertz CT molecular complexity index is 828. The van der Waals surface area contributed by atoms with Crippen LogP contribution in [0.15, 0.2) is 18.2 Å². The smallest absolute Gasteiger partial charge is 0.416 e. The van der Waals surface area contributed by atoms with Crippen molar-refractivity contribution in [2.75, 3.05) is 0 Å². The zero-order valence-electron chi connectivity index (χ0n) is 12.1. The van der Waals surface area contributed by atoms with Crippen LogP contribution in [0.5, 0.6) is 0 Å². The third kappa shape index (κ3) is 2.82. The molecule has 1 aromatic carbocycles. The van der Waals surface area contributed by atoms with Crippen LogP contribution in [0, 0.1) is 0 Å². The molecule has 3 N–H and O–H groups in total. The van der Waals surface area contributed by atoms with E-state index in [1.165, 1.54) is 6.07 Å². The lowest BCUT2D eigenvalue weighted by Gasteiger charge is -2.27. The number of hydrogen-bond donors (Lipinski definition) is 2. The number of fused-ring (bicyclic) bond motifs is 3. The van der Waals surface area contributed by atoms with E-state index < -0.39 is 35.8 Å². The number of aromatic amines is 1. The number of aromatic nitrogens is 1. The van der Waals surface area contributed by atoms with Crippen LogP contribution in [0.25, 0.3) is 10.9 Å². The van der Waals surface area contributed by atoms with E-state index in [1.807, 2.05) is 0 Å². The van der Waals surface area contributed by atoms with Gasteiger partial charge in [0.25, 0.3) is 0 Å². The van der Waals surface area contributed by atoms with Crippen molar-refractivity contribution in [1.82, 2.24) is 4.98 Å². The largest absolute Gasteiger partial charge is 0.539 e. The molecule has 9 heteroatoms. The topological polar surface area (TPSA) is 108 Å². The zero-order valence-corrected chi connectivity index (χ0v) is 12.1. The number of rotatable bonds is 1. The summed E-state index contributed by atoms with van der Waals surface area (Å²) in [5.41, 5.74) is 6.35. The number of alkyl halides is 3. The highest BCUT2D eigenvalue weighted by Crippen LogP contribution is 2.39. The summed E-state index contributed by atoms with van der Waals surface area (Å²) in [5.74, 6) is -3.54. The fourth-order valence-corrected chi connectivity index (χ4v) is 2.96. The molecular weight excluding hydrogens is 329 g/mol. The normalized spacial score (nSPS) is 20.7. The Morgan fingerprint density at radius 1 is 1.33 bits per heavy atom. The Kier molecular flexibility index (Phi) is 3.75. The molecule has 128 valence electrons. The number of carbonyl (C=O) groups is 2. The number of ether oxygens (including phenoxy) is 1. The minimum Gasteiger partial charge on any atom is -0.539 e. The fraction of sp³-hybridized carbons (Fsp3) is 0.333. The highest BCUT2D eigenvalue weighted by atomic mass is 19.4. The van der Waals surface area contributed by atoms with Crippen LogP contribution >= 0.6 is 0 Å². The fourth-order valence-electron chi connectivity index (χ4n) is 2.96. The molecule has 0 saturated heterocycles. The number of carboxylic acid groups (broad SMARTS) is 1. The van der Waals surface area contributed by atoms with Gasteiger partial charge in [-0.1, -0.05) is 0 Å². The third-order valence-electron chi connectivity index (χ3n) is 3.99. The van der Waals surface area contributed by atoms with Crippen molar-refractivity contribution in [1.29, 1.82) is 0 Å². The number of carboxylic acids is 1. The molecule has 1 aromatic heterocycles. The van der Waals surface area contributed by atoms with Crippen LogP contribution in [0.3, 0.4) is 0 Å². The van der Waals surface area contributed by atoms with E-state index in [2.05, 4.69) is 4.98 Å². The highest BCUT2D eigenvalue weighted by Gasteiger charge is 2.34. The van der Waals surface area contributed by atoms with Gasteiger partial charge in [0.1, 0.15) is 6.10 Å². The first-order valence-corrected chi connectivity index (χ1v) is 7.06. The second-order valence-corrected chi connectivity index (χ2v) is 5.66. The van der Waals surface area contributed by atoms with Gasteiger partial charge in [0.15, 0.2) is 5.97 Å². The third-order valence-corrected chi connectivity index (χ3v) is 3.99. The summed E-state index contributed by atoms with van der Waals surface area (Å²) in [6.45, 7) is 0. The molecule has 0 amide bonds. The van der Waals surface area contributed by atoms with Gasteiger partial charge in [-0.2, -0.15) is 13.2 Å². The molecule has 2 aromatic rings. The quantitative estimate of drug-likeness (QED) is 0.589. The lowest BCUT2D eigenvalue weighted by atomic mass is 9.89. The van der Waals surface area contributed by atoms with E-state index in [1.54, 1.807) is 0 Å². The Balaban J connectivity index is 2.08. The van der Waals surface area contributed by atoms with Crippen LogP contribution in [0.4, 0.5) is 13.2 Å². The van der Waals surface area contributed by atoms with Crippen LogP contribution < -0.4 is 10.8 Å². The summed E-state index contributed by atoms with van der Waals surface area (Å²) >= 11 is 0. The molecule has 0 radical (unpaired) electrons. The number of aliphatic carboxylic acids is 1. The average Bonchev–Trinajstić information content (AvgIpc) is 2.84. The molecule has 1 aliphatic rings. The van der Waals surface area contributed by atoms with E-state index in [4.69, 9.17) is 10.5 Å². The predicted molar refractivity (Wildman–Crippen MR) is 73.4 cm³/mol. The summed E-state index contributed by atoms with van der Waals surface area (Å²) in [4.78, 5) is 24.7. The number of halogens is 3. The molecule has 24 heavy (non-hydrogen) atoms. The number of hydrogen-bond acceptors (Lipinski definition) is 5. The number of nitrogens with two attached hydrogens (primary N) is 1. The molecule has 0 bridgehead atoms. The van der Waals surface area contributed by atoms with Gasteiger partial charge in [-0.25, -0.2) is 4.79 Å². The highest BCUT2D eigenvalue weighted by molar-refractivity contribution is 6.27. The van der Waals surface area contributed by atoms with Gasteiger partial charge >= 0.3 is 12.1 Å². The Morgan fingerprint density at radius 2 is 2.04 bits per heavy atom. The van der Waals surface area contributed by atoms with Crippen LogP contribution in [-0.2, 0) is 26.9 Å². The van der Waals surface area contributed by atoms with E-state index in [-0.39, 0.29) is 12.8 Å². The maximum atomic E-state index is 12.9. The Morgan fingerprint density at radius 3 is 2.67 bits per heavy atom. The molecule has 6 nitrogen and oxygen atoms in total. The molecule has 3 rings (SSSR count). The van der Waals surface area contributed by atoms with Gasteiger partial charge in [0, 0.05) is 23.4 Å². The number of benzene rings is 1. The maximum Gasteiger partial charge on any atom is 0.416 e. The molecule has 2 unspecified atom stereocenters. The summed E-state index contributed by atoms with van der Waals surface area (Å²) in [5, 5.41) is 10.9. The average molecular weight is 341 g/mol. The van der Waals surface area contributed by atoms with Gasteiger partial charge in [-0.15, -0.1) is 0 Å². The van der Waals surface area contributed by atoms with Crippen LogP contribution in [0.1, 0.15) is 29.3 Å². The van der Waals surface area contributed by atoms with Crippen LogP contribution in [0.2, 0.25) is 0 Å². The Hall–Kier alpha value is -2.55. The lowest BCUT2D eigenvalue weighted by molar-refractivity contribution is -0.304. The second kappa shape index (κ2) is 5.52. The number of esters is 1. The van der Waals surface area contributed by atoms with E-state index in [0.29, 0.717) is 22.2 Å². The summed E-state index contributed by atoms with van der Waals surface area (Å²) in [6, 6.07) is 2.73. The van der Waals surface area contributed by atoms with E-state index in [0.717, 1.165) is 12.1 Å². The van der Waals surface area contributed by atoms with E-state index >= 15 is 0 Å². The van der Waals surface area contributed by atoms with Crippen molar-refractivity contribution in [2.24, 2.45) is 5.73 Å². The molecule has 0 saturated carbocycles. The van der Waals surface area contributed by atoms with Gasteiger partial charge in [-0.3, -0.25) is 0 Å². The number of nitrogens with one attached hydrogen (secondary N) is 1. The van der Waals surface area contributed by atoms with Crippen molar-refractivity contribution in [3.63, 3.8) is 0 Å². The summed E-state index contributed by atoms with van der Waals surface area (Å²) < 4.78 is 43.5. The van der Waals surface area contributed by atoms with Gasteiger partial charge in [0.2, 0.25) is 0 Å². The van der Waals surface area contributed by atoms with Crippen molar-refractivity contribution < 1.29 is 32.6 Å². The first-order chi connectivity index (χ1) is 11.2. The molecule has 2 atom stereocenters. The maximum absolute atomic E-state index is 12.9. The van der Waals surface area contributed by atoms with Crippen molar-refractivity contribution in [3.05, 3.63) is 35.0 Å². The van der Waals surface area contributed by atoms with Gasteiger partial charge in [-0.05, 0) is 30.2 Å². The molecule has 0 spiro atoms. The van der Waals surface area contributed by atoms with Crippen molar-refractivity contribution in [3.8, 4) is 0 Å². The SMILES string of the molecule is NC1Cc2c([nH]c3ccc(C(F)(F)F)cc23)C(OC(=O)C(=O)[O-])C1. The summed E-state index contributed by atoms with van der Waals surface area (Å²) in [7, 11) is 0. The molecule has 0 aliphatic heterocycles. The second-order valence-electron chi connectivity index (χ2n) is 5.66. The molecular formula is C15H12F3N2O4-. The molecule has 1 aliphatic carbocycles. The molecule has 0 fully saturated rings. The number of carbonyl (C=O) groups excluding carboxylic acids is 2. The minimum absolute atomic E-state index is 0.158. The molecule has 1 heterocycles. The summed E-state index contributed by atoms with van der Waals surface area (Å²) in [6.07, 6.45) is -5.02. The first kappa shape index (κ1) is 16.3. The lowest BCUT2D eigenvalue weighted by Crippen LogP contribution is -2.37. The standard InChI is InChI=1S/C15H13F3N2O4/c16-15(17,18)6-1-2-10-8(3-6)9-4-7(19)5-11(12(9)20-10)24-14(23)13(21)22/h1-3,7,11,20H,4-5,19H2,(H,21,22)/p-1. The van der Waals surface area contributed by atoms with E-state index in [9.17, 15) is 27.9 Å². The van der Waals surface area contributed by atoms with Gasteiger partial charge < -0.3 is 25.4 Å². The zero-order chi connectivity index (χ0) is 17.6. The van der Waals surface area contributed by atoms with Crippen molar-refractivity contribution in [2.45, 2.75) is 31.2 Å². The van der Waals surface area contributed by atoms with Gasteiger partial charge in [0.05, 0.1) is 11.3 Å². The predicted octanol–water partition coefficient (Wildman–Crippen LogP) is 0.794. The minimum atomic E-state index is -4.49. The first-order valence-electron chi connectivity index (χ1n) is 7.06. The van der Waals surface area contributed by atoms with Crippen LogP contribution in [-0.4, -0.2) is 23.0 Å². The number of H-pyrrole nitrogens is 1.